The van der Waals surface area contributed by atoms with Crippen molar-refractivity contribution >= 4 is 5.69 Å². The zero-order valence-corrected chi connectivity index (χ0v) is 11.6. The summed E-state index contributed by atoms with van der Waals surface area (Å²) in [5.41, 5.74) is -0.135. The van der Waals surface area contributed by atoms with E-state index in [0.717, 1.165) is 6.42 Å². The summed E-state index contributed by atoms with van der Waals surface area (Å²) < 4.78 is 7.32. The molecular formula is C15H16N2O4. The van der Waals surface area contributed by atoms with Gasteiger partial charge in [-0.2, -0.15) is 0 Å². The van der Waals surface area contributed by atoms with Crippen molar-refractivity contribution in [3.05, 3.63) is 69.1 Å². The van der Waals surface area contributed by atoms with Gasteiger partial charge in [0.2, 0.25) is 0 Å². The highest BCUT2D eigenvalue weighted by molar-refractivity contribution is 5.36. The quantitative estimate of drug-likeness (QED) is 0.604. The highest BCUT2D eigenvalue weighted by atomic mass is 16.6. The molecule has 0 bridgehead atoms. The maximum Gasteiger partial charge on any atom is 0.269 e. The summed E-state index contributed by atoms with van der Waals surface area (Å²) >= 11 is 0. The van der Waals surface area contributed by atoms with E-state index in [4.69, 9.17) is 4.74 Å². The molecule has 21 heavy (non-hydrogen) atoms. The number of hydrogen-bond acceptors (Lipinski definition) is 4. The van der Waals surface area contributed by atoms with E-state index >= 15 is 0 Å². The number of rotatable bonds is 6. The van der Waals surface area contributed by atoms with Crippen molar-refractivity contribution in [1.29, 1.82) is 0 Å². The number of ether oxygens (including phenoxy) is 1. The second kappa shape index (κ2) is 6.69. The minimum Gasteiger partial charge on any atom is -0.470 e. The van der Waals surface area contributed by atoms with E-state index < -0.39 is 11.2 Å². The molecule has 6 heteroatoms. The number of aromatic nitrogens is 1. The van der Waals surface area contributed by atoms with Crippen LogP contribution in [0.25, 0.3) is 0 Å². The molecule has 0 aliphatic rings. The van der Waals surface area contributed by atoms with Crippen molar-refractivity contribution in [2.75, 3.05) is 0 Å². The molecule has 0 amide bonds. The molecule has 0 saturated carbocycles. The minimum atomic E-state index is -0.463. The van der Waals surface area contributed by atoms with E-state index in [-0.39, 0.29) is 11.2 Å². The Morgan fingerprint density at radius 3 is 2.52 bits per heavy atom. The van der Waals surface area contributed by atoms with Gasteiger partial charge in [-0.25, -0.2) is 0 Å². The molecule has 2 aromatic rings. The van der Waals surface area contributed by atoms with Crippen LogP contribution < -0.4 is 10.3 Å². The zero-order chi connectivity index (χ0) is 15.2. The second-order valence-electron chi connectivity index (χ2n) is 4.56. The Morgan fingerprint density at radius 1 is 1.24 bits per heavy atom. The van der Waals surface area contributed by atoms with Gasteiger partial charge in [-0.15, -0.1) is 0 Å². The Bertz CT molecular complexity index is 664. The topological polar surface area (TPSA) is 74.4 Å². The van der Waals surface area contributed by atoms with Crippen molar-refractivity contribution in [3.8, 4) is 5.75 Å². The fraction of sp³-hybridized carbons (Fsp3) is 0.267. The predicted molar refractivity (Wildman–Crippen MR) is 78.4 cm³/mol. The molecule has 2 rings (SSSR count). The lowest BCUT2D eigenvalue weighted by molar-refractivity contribution is -0.384. The summed E-state index contributed by atoms with van der Waals surface area (Å²) in [5.74, 6) is 0.495. The first kappa shape index (κ1) is 14.8. The molecule has 0 aliphatic heterocycles. The first-order chi connectivity index (χ1) is 10.1. The highest BCUT2D eigenvalue weighted by Gasteiger charge is 2.13. The standard InChI is InChI=1S/C15H16N2O4/c1-2-5-15(16-11-4-3-6-14(16)18)21-13-9-7-12(8-10-13)17(19)20/h3-4,6-11,15H,2,5H2,1H3. The molecule has 1 atom stereocenters. The SMILES string of the molecule is CCCC(Oc1ccc([N+](=O)[O-])cc1)n1ccccc1=O. The van der Waals surface area contributed by atoms with Crippen LogP contribution in [-0.4, -0.2) is 9.49 Å². The lowest BCUT2D eigenvalue weighted by Gasteiger charge is -2.20. The van der Waals surface area contributed by atoms with Gasteiger partial charge in [0.25, 0.3) is 11.2 Å². The monoisotopic (exact) mass is 288 g/mol. The fourth-order valence-corrected chi connectivity index (χ4v) is 1.98. The number of pyridine rings is 1. The summed E-state index contributed by atoms with van der Waals surface area (Å²) in [6.45, 7) is 2.00. The van der Waals surface area contributed by atoms with Crippen molar-refractivity contribution in [3.63, 3.8) is 0 Å². The van der Waals surface area contributed by atoms with Crippen LogP contribution in [0.1, 0.15) is 26.0 Å². The molecule has 0 saturated heterocycles. The Balaban J connectivity index is 2.22. The summed E-state index contributed by atoms with van der Waals surface area (Å²) in [6.07, 6.45) is 2.76. The molecule has 6 nitrogen and oxygen atoms in total. The van der Waals surface area contributed by atoms with Crippen LogP contribution in [0.15, 0.2) is 53.5 Å². The van der Waals surface area contributed by atoms with E-state index in [1.807, 2.05) is 6.92 Å². The van der Waals surface area contributed by atoms with Crippen molar-refractivity contribution in [2.24, 2.45) is 0 Å². The number of hydrogen-bond donors (Lipinski definition) is 0. The van der Waals surface area contributed by atoms with Crippen LogP contribution in [0.3, 0.4) is 0 Å². The third kappa shape index (κ3) is 3.68. The second-order valence-corrected chi connectivity index (χ2v) is 4.56. The van der Waals surface area contributed by atoms with Gasteiger partial charge in [0.05, 0.1) is 4.92 Å². The fourth-order valence-electron chi connectivity index (χ4n) is 1.98. The predicted octanol–water partition coefficient (Wildman–Crippen LogP) is 3.13. The van der Waals surface area contributed by atoms with E-state index in [9.17, 15) is 14.9 Å². The molecule has 0 spiro atoms. The largest absolute Gasteiger partial charge is 0.470 e. The molecule has 0 fully saturated rings. The Labute approximate surface area is 121 Å². The van der Waals surface area contributed by atoms with Crippen LogP contribution in [0.5, 0.6) is 5.75 Å². The third-order valence-electron chi connectivity index (χ3n) is 3.02. The third-order valence-corrected chi connectivity index (χ3v) is 3.02. The number of benzene rings is 1. The van der Waals surface area contributed by atoms with Crippen LogP contribution in [-0.2, 0) is 0 Å². The van der Waals surface area contributed by atoms with Gasteiger partial charge in [0, 0.05) is 30.8 Å². The van der Waals surface area contributed by atoms with E-state index in [1.54, 1.807) is 18.3 Å². The average molecular weight is 288 g/mol. The molecular weight excluding hydrogens is 272 g/mol. The van der Waals surface area contributed by atoms with Gasteiger partial charge in [0.1, 0.15) is 5.75 Å². The molecule has 0 aliphatic carbocycles. The van der Waals surface area contributed by atoms with Gasteiger partial charge >= 0.3 is 0 Å². The van der Waals surface area contributed by atoms with Crippen LogP contribution in [0, 0.1) is 10.1 Å². The molecule has 0 N–H and O–H groups in total. The normalized spacial score (nSPS) is 11.9. The summed E-state index contributed by atoms with van der Waals surface area (Å²) in [5, 5.41) is 10.6. The molecule has 1 aromatic heterocycles. The number of non-ortho nitro benzene ring substituents is 1. The average Bonchev–Trinajstić information content (AvgIpc) is 2.48. The maximum atomic E-state index is 11.9. The van der Waals surface area contributed by atoms with Crippen LogP contribution in [0.4, 0.5) is 5.69 Å². The lowest BCUT2D eigenvalue weighted by Crippen LogP contribution is -2.26. The van der Waals surface area contributed by atoms with Crippen LogP contribution >= 0.6 is 0 Å². The summed E-state index contributed by atoms with van der Waals surface area (Å²) in [7, 11) is 0. The van der Waals surface area contributed by atoms with Gasteiger partial charge in [-0.1, -0.05) is 19.4 Å². The van der Waals surface area contributed by atoms with Crippen LogP contribution in [0.2, 0.25) is 0 Å². The Kier molecular flexibility index (Phi) is 4.71. The Morgan fingerprint density at radius 2 is 1.95 bits per heavy atom. The first-order valence-corrected chi connectivity index (χ1v) is 6.70. The molecule has 110 valence electrons. The molecule has 0 radical (unpaired) electrons. The molecule has 1 heterocycles. The van der Waals surface area contributed by atoms with Crippen molar-refractivity contribution in [2.45, 2.75) is 26.0 Å². The number of nitro groups is 1. The first-order valence-electron chi connectivity index (χ1n) is 6.70. The van der Waals surface area contributed by atoms with Gasteiger partial charge in [0.15, 0.2) is 6.23 Å². The molecule has 1 aromatic carbocycles. The van der Waals surface area contributed by atoms with Gasteiger partial charge in [-0.05, 0) is 18.2 Å². The minimum absolute atomic E-state index is 0.00581. The molecule has 1 unspecified atom stereocenters. The summed E-state index contributed by atoms with van der Waals surface area (Å²) in [4.78, 5) is 22.0. The van der Waals surface area contributed by atoms with Crippen molar-refractivity contribution in [1.82, 2.24) is 4.57 Å². The van der Waals surface area contributed by atoms with Gasteiger partial charge in [-0.3, -0.25) is 19.5 Å². The van der Waals surface area contributed by atoms with E-state index in [1.165, 1.54) is 34.9 Å². The van der Waals surface area contributed by atoms with E-state index in [2.05, 4.69) is 0 Å². The number of nitrogens with zero attached hydrogens (tertiary/aromatic N) is 2. The Hall–Kier alpha value is -2.63. The number of nitro benzene ring substituents is 1. The highest BCUT2D eigenvalue weighted by Crippen LogP contribution is 2.22. The smallest absolute Gasteiger partial charge is 0.269 e. The maximum absolute atomic E-state index is 11.9. The lowest BCUT2D eigenvalue weighted by atomic mass is 10.2. The summed E-state index contributed by atoms with van der Waals surface area (Å²) in [6, 6.07) is 10.8. The van der Waals surface area contributed by atoms with Crippen molar-refractivity contribution < 1.29 is 9.66 Å². The zero-order valence-electron chi connectivity index (χ0n) is 11.6. The van der Waals surface area contributed by atoms with Gasteiger partial charge < -0.3 is 4.74 Å². The van der Waals surface area contributed by atoms with E-state index in [0.29, 0.717) is 12.2 Å².